The van der Waals surface area contributed by atoms with E-state index in [4.69, 9.17) is 5.10 Å². The molecule has 0 radical (unpaired) electrons. The number of aromatic nitrogens is 2. The molecule has 4 aromatic rings. The number of carboxylic acids is 1. The summed E-state index contributed by atoms with van der Waals surface area (Å²) in [4.78, 5) is 27.1. The Balaban J connectivity index is 1.55. The Kier molecular flexibility index (Phi) is 6.03. The number of carbonyl (C=O) groups excluding carboxylic acids is 1. The fraction of sp³-hybridized carbons (Fsp3) is 0.258. The molecule has 38 heavy (non-hydrogen) atoms. The second kappa shape index (κ2) is 9.40. The third kappa shape index (κ3) is 3.98. The lowest BCUT2D eigenvalue weighted by molar-refractivity contribution is -0.116. The summed E-state index contributed by atoms with van der Waals surface area (Å²) in [7, 11) is 0. The number of hydrogen-bond acceptors (Lipinski definition) is 5. The lowest BCUT2D eigenvalue weighted by atomic mass is 9.73. The van der Waals surface area contributed by atoms with Gasteiger partial charge in [0.2, 0.25) is 0 Å². The number of thiophene rings is 1. The minimum atomic E-state index is -1.01. The van der Waals surface area contributed by atoms with Gasteiger partial charge in [0, 0.05) is 40.0 Å². The molecular formula is C31H29N3O3S. The molecule has 1 aliphatic heterocycles. The first-order valence-corrected chi connectivity index (χ1v) is 13.8. The van der Waals surface area contributed by atoms with E-state index in [1.807, 2.05) is 19.1 Å². The van der Waals surface area contributed by atoms with Gasteiger partial charge in [0.1, 0.15) is 5.82 Å². The van der Waals surface area contributed by atoms with Crippen LogP contribution in [0.3, 0.4) is 0 Å². The van der Waals surface area contributed by atoms with Gasteiger partial charge >= 0.3 is 5.97 Å². The Morgan fingerprint density at radius 1 is 1.08 bits per heavy atom. The molecule has 0 unspecified atom stereocenters. The van der Waals surface area contributed by atoms with Gasteiger partial charge < -0.3 is 10.4 Å². The first-order valence-electron chi connectivity index (χ1n) is 12.9. The number of rotatable bonds is 5. The van der Waals surface area contributed by atoms with Gasteiger partial charge in [-0.05, 0) is 54.0 Å². The molecule has 2 N–H and O–H groups in total. The highest BCUT2D eigenvalue weighted by molar-refractivity contribution is 7.10. The molecule has 7 heteroatoms. The van der Waals surface area contributed by atoms with Gasteiger partial charge in [-0.2, -0.15) is 5.10 Å². The summed E-state index contributed by atoms with van der Waals surface area (Å²) in [5, 5.41) is 20.3. The van der Waals surface area contributed by atoms with Crippen LogP contribution in [0.5, 0.6) is 0 Å². The number of fused-ring (bicyclic) bond motifs is 1. The molecule has 3 heterocycles. The molecule has 1 aliphatic carbocycles. The highest BCUT2D eigenvalue weighted by Crippen LogP contribution is 2.50. The number of aromatic carboxylic acids is 1. The van der Waals surface area contributed by atoms with Gasteiger partial charge in [0.05, 0.1) is 16.9 Å². The van der Waals surface area contributed by atoms with E-state index >= 15 is 0 Å². The van der Waals surface area contributed by atoms with Crippen molar-refractivity contribution in [1.29, 1.82) is 0 Å². The molecule has 2 aliphatic rings. The van der Waals surface area contributed by atoms with E-state index in [9.17, 15) is 14.7 Å². The van der Waals surface area contributed by atoms with Crippen LogP contribution in [0, 0.1) is 6.92 Å². The van der Waals surface area contributed by atoms with Crippen molar-refractivity contribution in [2.75, 3.05) is 5.32 Å². The van der Waals surface area contributed by atoms with Crippen molar-refractivity contribution in [1.82, 2.24) is 9.78 Å². The van der Waals surface area contributed by atoms with Crippen LogP contribution < -0.4 is 5.32 Å². The Bertz CT molecular complexity index is 1580. The maximum atomic E-state index is 13.8. The van der Waals surface area contributed by atoms with Crippen LogP contribution in [0.15, 0.2) is 77.3 Å². The van der Waals surface area contributed by atoms with Gasteiger partial charge in [-0.1, -0.05) is 56.3 Å². The van der Waals surface area contributed by atoms with Gasteiger partial charge in [-0.25, -0.2) is 9.48 Å². The topological polar surface area (TPSA) is 84.2 Å². The van der Waals surface area contributed by atoms with Crippen LogP contribution >= 0.6 is 11.3 Å². The van der Waals surface area contributed by atoms with Crippen LogP contribution in [0.1, 0.15) is 82.1 Å². The van der Waals surface area contributed by atoms with E-state index in [1.54, 1.807) is 34.2 Å². The van der Waals surface area contributed by atoms with Crippen molar-refractivity contribution in [2.45, 2.75) is 51.4 Å². The summed E-state index contributed by atoms with van der Waals surface area (Å²) >= 11 is 1.68. The number of nitrogens with one attached hydrogen (secondary N) is 1. The zero-order chi connectivity index (χ0) is 26.6. The molecule has 6 nitrogen and oxygen atoms in total. The summed E-state index contributed by atoms with van der Waals surface area (Å²) in [5.41, 5.74) is 6.35. The van der Waals surface area contributed by atoms with E-state index in [2.05, 4.69) is 54.9 Å². The molecule has 192 valence electrons. The lowest BCUT2D eigenvalue weighted by Crippen LogP contribution is -2.30. The molecule has 2 aromatic heterocycles. The zero-order valence-electron chi connectivity index (χ0n) is 21.6. The van der Waals surface area contributed by atoms with Gasteiger partial charge in [0.25, 0.3) is 0 Å². The van der Waals surface area contributed by atoms with E-state index < -0.39 is 5.97 Å². The zero-order valence-corrected chi connectivity index (χ0v) is 22.4. The lowest BCUT2D eigenvalue weighted by Gasteiger charge is -2.35. The number of hydrogen-bond donors (Lipinski definition) is 2. The Labute approximate surface area is 225 Å². The van der Waals surface area contributed by atoms with E-state index in [-0.39, 0.29) is 23.2 Å². The predicted octanol–water partition coefficient (Wildman–Crippen LogP) is 7.02. The van der Waals surface area contributed by atoms with Crippen molar-refractivity contribution in [3.05, 3.63) is 110 Å². The fourth-order valence-electron chi connectivity index (χ4n) is 5.82. The van der Waals surface area contributed by atoms with Crippen LogP contribution in [0.25, 0.3) is 5.69 Å². The quantitative estimate of drug-likeness (QED) is 0.294. The Morgan fingerprint density at radius 3 is 2.53 bits per heavy atom. The Morgan fingerprint density at radius 2 is 1.84 bits per heavy atom. The number of carboxylic acid groups (broad SMARTS) is 1. The predicted molar refractivity (Wildman–Crippen MR) is 150 cm³/mol. The van der Waals surface area contributed by atoms with E-state index in [1.165, 1.54) is 10.4 Å². The molecule has 0 fully saturated rings. The van der Waals surface area contributed by atoms with E-state index in [0.717, 1.165) is 33.9 Å². The standard InChI is InChI=1S/C31H29N3O3S/c1-17(2)19-10-12-20(13-11-19)28-27-18(3)33-34(24-8-5-4-7-22(24)31(36)37)30(27)32-23-15-21(16-25(35)29(23)28)26-9-6-14-38-26/h4-14,17,21,28,32H,15-16H2,1-3H3,(H,36,37)/t21-,28+/m1/s1. The molecule has 0 saturated heterocycles. The Hall–Kier alpha value is -3.97. The molecule has 0 spiro atoms. The summed E-state index contributed by atoms with van der Waals surface area (Å²) in [6.07, 6.45) is 1.19. The largest absolute Gasteiger partial charge is 0.478 e. The highest BCUT2D eigenvalue weighted by Gasteiger charge is 2.41. The maximum absolute atomic E-state index is 13.8. The molecule has 6 rings (SSSR count). The van der Waals surface area contributed by atoms with Crippen molar-refractivity contribution in [3.63, 3.8) is 0 Å². The normalized spacial score (nSPS) is 18.8. The average molecular weight is 524 g/mol. The van der Waals surface area contributed by atoms with Crippen LogP contribution in [0.4, 0.5) is 5.82 Å². The molecule has 2 atom stereocenters. The van der Waals surface area contributed by atoms with Gasteiger partial charge in [0.15, 0.2) is 5.78 Å². The minimum absolute atomic E-state index is 0.114. The second-order valence-electron chi connectivity index (χ2n) is 10.4. The van der Waals surface area contributed by atoms with Crippen molar-refractivity contribution < 1.29 is 14.7 Å². The number of anilines is 1. The number of aryl methyl sites for hydroxylation is 1. The summed E-state index contributed by atoms with van der Waals surface area (Å²) in [6, 6.07) is 19.6. The van der Waals surface area contributed by atoms with Gasteiger partial charge in [-0.3, -0.25) is 4.79 Å². The van der Waals surface area contributed by atoms with Gasteiger partial charge in [-0.15, -0.1) is 11.3 Å². The molecule has 0 bridgehead atoms. The number of nitrogens with zero attached hydrogens (tertiary/aromatic N) is 2. The highest BCUT2D eigenvalue weighted by atomic mass is 32.1. The number of allylic oxidation sites excluding steroid dienone is 2. The van der Waals surface area contributed by atoms with Crippen molar-refractivity contribution in [2.24, 2.45) is 0 Å². The molecular weight excluding hydrogens is 494 g/mol. The van der Waals surface area contributed by atoms with Crippen LogP contribution in [-0.2, 0) is 4.79 Å². The number of carbonyl (C=O) groups is 2. The fourth-order valence-corrected chi connectivity index (χ4v) is 6.65. The van der Waals surface area contributed by atoms with Crippen LogP contribution in [-0.4, -0.2) is 26.6 Å². The summed E-state index contributed by atoms with van der Waals surface area (Å²) < 4.78 is 1.70. The molecule has 2 aromatic carbocycles. The number of Topliss-reactive ketones (excluding diaryl/α,β-unsaturated/α-hetero) is 1. The number of para-hydroxylation sites is 1. The SMILES string of the molecule is Cc1nn(-c2ccccc2C(=O)O)c2c1[C@H](c1ccc(C(C)C)cc1)C1=C(C[C@@H](c3cccs3)CC1=O)N2. The first kappa shape index (κ1) is 24.4. The number of benzene rings is 2. The minimum Gasteiger partial charge on any atom is -0.478 e. The summed E-state index contributed by atoms with van der Waals surface area (Å²) in [6.45, 7) is 6.27. The van der Waals surface area contributed by atoms with Crippen molar-refractivity contribution in [3.8, 4) is 5.69 Å². The summed E-state index contributed by atoms with van der Waals surface area (Å²) in [5.74, 6) is 0.117. The number of ketones is 1. The van der Waals surface area contributed by atoms with Crippen LogP contribution in [0.2, 0.25) is 0 Å². The smallest absolute Gasteiger partial charge is 0.337 e. The van der Waals surface area contributed by atoms with E-state index in [0.29, 0.717) is 24.4 Å². The third-order valence-electron chi connectivity index (χ3n) is 7.71. The molecule has 0 saturated carbocycles. The first-order chi connectivity index (χ1) is 18.3. The molecule has 0 amide bonds. The monoisotopic (exact) mass is 523 g/mol. The maximum Gasteiger partial charge on any atom is 0.337 e. The second-order valence-corrected chi connectivity index (χ2v) is 11.4. The average Bonchev–Trinajstić information content (AvgIpc) is 3.56. The third-order valence-corrected chi connectivity index (χ3v) is 8.74. The van der Waals surface area contributed by atoms with Crippen molar-refractivity contribution >= 4 is 28.9 Å².